The average Bonchev–Trinajstić information content (AvgIpc) is 2.82. The topological polar surface area (TPSA) is 71.0 Å². The summed E-state index contributed by atoms with van der Waals surface area (Å²) in [5.74, 6) is 0.297. The highest BCUT2D eigenvalue weighted by Crippen LogP contribution is 2.26. The molecule has 1 N–H and O–H groups in total. The lowest BCUT2D eigenvalue weighted by Crippen LogP contribution is -2.24. The first-order chi connectivity index (χ1) is 10.2. The van der Waals surface area contributed by atoms with Crippen LogP contribution < -0.4 is 10.1 Å². The Kier molecular flexibility index (Phi) is 3.27. The Labute approximate surface area is 121 Å². The third-order valence-electron chi connectivity index (χ3n) is 3.25. The molecular weight excluding hydrogens is 270 g/mol. The molecule has 1 aliphatic rings. The zero-order valence-corrected chi connectivity index (χ0v) is 11.4. The van der Waals surface area contributed by atoms with Crippen LogP contribution in [0.3, 0.4) is 0 Å². The molecule has 21 heavy (non-hydrogen) atoms. The predicted octanol–water partition coefficient (Wildman–Crippen LogP) is 1.73. The van der Waals surface area contributed by atoms with E-state index >= 15 is 0 Å². The van der Waals surface area contributed by atoms with Gasteiger partial charge in [0.25, 0.3) is 0 Å². The van der Waals surface area contributed by atoms with Crippen molar-refractivity contribution < 1.29 is 14.3 Å². The highest BCUT2D eigenvalue weighted by molar-refractivity contribution is 6.04. The van der Waals surface area contributed by atoms with Crippen molar-refractivity contribution in [2.75, 3.05) is 13.7 Å². The fourth-order valence-corrected chi connectivity index (χ4v) is 2.24. The summed E-state index contributed by atoms with van der Waals surface area (Å²) in [6, 6.07) is 11.1. The molecule has 6 nitrogen and oxygen atoms in total. The second-order valence-corrected chi connectivity index (χ2v) is 4.56. The number of imide groups is 1. The Morgan fingerprint density at radius 3 is 2.76 bits per heavy atom. The van der Waals surface area contributed by atoms with Crippen LogP contribution in [0.1, 0.15) is 5.56 Å². The number of amides is 3. The predicted molar refractivity (Wildman–Crippen MR) is 78.3 cm³/mol. The lowest BCUT2D eigenvalue weighted by atomic mass is 10.0. The van der Waals surface area contributed by atoms with Crippen LogP contribution in [-0.2, 0) is 4.79 Å². The first-order valence-corrected chi connectivity index (χ1v) is 6.40. The molecule has 6 heteroatoms. The lowest BCUT2D eigenvalue weighted by Gasteiger charge is -2.10. The van der Waals surface area contributed by atoms with Crippen molar-refractivity contribution >= 4 is 28.9 Å². The Morgan fingerprint density at radius 2 is 2.05 bits per heavy atom. The van der Waals surface area contributed by atoms with Crippen LogP contribution >= 0.6 is 0 Å². The van der Waals surface area contributed by atoms with E-state index in [4.69, 9.17) is 4.74 Å². The molecule has 1 aliphatic heterocycles. The lowest BCUT2D eigenvalue weighted by molar-refractivity contribution is -0.118. The Balaban J connectivity index is 2.03. The number of nitrogens with zero attached hydrogens (tertiary/aromatic N) is 2. The Morgan fingerprint density at radius 1 is 1.24 bits per heavy atom. The molecule has 0 unspecified atom stereocenters. The molecule has 0 bridgehead atoms. The molecule has 2 aromatic rings. The summed E-state index contributed by atoms with van der Waals surface area (Å²) < 4.78 is 5.34. The number of urea groups is 1. The first kappa shape index (κ1) is 13.1. The van der Waals surface area contributed by atoms with Crippen LogP contribution in [0, 0.1) is 0 Å². The fourth-order valence-electron chi connectivity index (χ4n) is 2.24. The van der Waals surface area contributed by atoms with E-state index < -0.39 is 6.03 Å². The molecule has 1 saturated heterocycles. The van der Waals surface area contributed by atoms with E-state index in [1.807, 2.05) is 36.4 Å². The maximum Gasteiger partial charge on any atom is 0.344 e. The largest absolute Gasteiger partial charge is 0.496 e. The van der Waals surface area contributed by atoms with Crippen molar-refractivity contribution in [1.82, 2.24) is 10.3 Å². The maximum atomic E-state index is 11.5. The van der Waals surface area contributed by atoms with Gasteiger partial charge in [-0.1, -0.05) is 30.3 Å². The molecule has 106 valence electrons. The van der Waals surface area contributed by atoms with Crippen LogP contribution in [0.15, 0.2) is 41.5 Å². The maximum absolute atomic E-state index is 11.5. The van der Waals surface area contributed by atoms with Crippen molar-refractivity contribution in [3.63, 3.8) is 0 Å². The molecule has 2 aromatic carbocycles. The first-order valence-electron chi connectivity index (χ1n) is 6.40. The number of rotatable bonds is 3. The van der Waals surface area contributed by atoms with Gasteiger partial charge in [0.15, 0.2) is 0 Å². The standard InChI is InChI=1S/C15H13N3O3/c1-21-13-7-6-10-4-2-3-5-11(10)12(13)8-16-18-9-14(19)17-15(18)20/h2-8H,9H2,1H3,(H,17,19,20)/b16-8+. The normalized spacial score (nSPS) is 15.0. The number of nitrogens with one attached hydrogen (secondary N) is 1. The zero-order valence-electron chi connectivity index (χ0n) is 11.4. The second kappa shape index (κ2) is 5.24. The molecule has 0 aliphatic carbocycles. The number of fused-ring (bicyclic) bond motifs is 1. The minimum atomic E-state index is -0.518. The van der Waals surface area contributed by atoms with Gasteiger partial charge in [0, 0.05) is 5.56 Å². The van der Waals surface area contributed by atoms with E-state index in [0.717, 1.165) is 21.3 Å². The molecule has 0 spiro atoms. The number of hydrogen-bond donors (Lipinski definition) is 1. The molecule has 0 aromatic heterocycles. The van der Waals surface area contributed by atoms with Crippen LogP contribution in [-0.4, -0.2) is 36.8 Å². The summed E-state index contributed by atoms with van der Waals surface area (Å²) in [5, 5.41) is 9.35. The van der Waals surface area contributed by atoms with Gasteiger partial charge in [-0.3, -0.25) is 10.1 Å². The van der Waals surface area contributed by atoms with Gasteiger partial charge in [-0.05, 0) is 16.8 Å². The van der Waals surface area contributed by atoms with Gasteiger partial charge in [-0.2, -0.15) is 5.10 Å². The van der Waals surface area contributed by atoms with Gasteiger partial charge in [0.05, 0.1) is 13.3 Å². The summed E-state index contributed by atoms with van der Waals surface area (Å²) in [6.07, 6.45) is 1.54. The molecule has 0 saturated carbocycles. The quantitative estimate of drug-likeness (QED) is 0.689. The minimum absolute atomic E-state index is 0.0670. The number of carbonyl (C=O) groups excluding carboxylic acids is 2. The number of hydrogen-bond acceptors (Lipinski definition) is 4. The summed E-state index contributed by atoms with van der Waals surface area (Å²) in [7, 11) is 1.58. The highest BCUT2D eigenvalue weighted by Gasteiger charge is 2.26. The zero-order chi connectivity index (χ0) is 14.8. The van der Waals surface area contributed by atoms with Crippen molar-refractivity contribution in [3.8, 4) is 5.75 Å². The van der Waals surface area contributed by atoms with E-state index in [2.05, 4.69) is 10.4 Å². The number of ether oxygens (including phenoxy) is 1. The number of carbonyl (C=O) groups is 2. The van der Waals surface area contributed by atoms with E-state index in [9.17, 15) is 9.59 Å². The number of hydrazone groups is 1. The number of methoxy groups -OCH3 is 1. The minimum Gasteiger partial charge on any atom is -0.496 e. The molecular formula is C15H13N3O3. The van der Waals surface area contributed by atoms with Gasteiger partial charge in [-0.25, -0.2) is 9.80 Å². The second-order valence-electron chi connectivity index (χ2n) is 4.56. The molecule has 3 rings (SSSR count). The molecule has 0 atom stereocenters. The van der Waals surface area contributed by atoms with Gasteiger partial charge in [0.2, 0.25) is 5.91 Å². The van der Waals surface area contributed by atoms with Crippen LogP contribution in [0.5, 0.6) is 5.75 Å². The van der Waals surface area contributed by atoms with E-state index in [0.29, 0.717) is 5.75 Å². The Hall–Kier alpha value is -2.89. The fraction of sp³-hybridized carbons (Fsp3) is 0.133. The van der Waals surface area contributed by atoms with Gasteiger partial charge in [-0.15, -0.1) is 0 Å². The van der Waals surface area contributed by atoms with Crippen molar-refractivity contribution in [3.05, 3.63) is 42.0 Å². The summed E-state index contributed by atoms with van der Waals surface area (Å²) >= 11 is 0. The van der Waals surface area contributed by atoms with Crippen LogP contribution in [0.2, 0.25) is 0 Å². The van der Waals surface area contributed by atoms with Crippen molar-refractivity contribution in [2.45, 2.75) is 0 Å². The number of benzene rings is 2. The van der Waals surface area contributed by atoms with E-state index in [-0.39, 0.29) is 12.5 Å². The van der Waals surface area contributed by atoms with Gasteiger partial charge < -0.3 is 4.74 Å². The third kappa shape index (κ3) is 2.43. The summed E-state index contributed by atoms with van der Waals surface area (Å²) in [5.41, 5.74) is 0.766. The van der Waals surface area contributed by atoms with Crippen molar-refractivity contribution in [1.29, 1.82) is 0 Å². The molecule has 3 amide bonds. The summed E-state index contributed by atoms with van der Waals surface area (Å²) in [6.45, 7) is -0.0670. The highest BCUT2D eigenvalue weighted by atomic mass is 16.5. The van der Waals surface area contributed by atoms with E-state index in [1.54, 1.807) is 13.3 Å². The monoisotopic (exact) mass is 283 g/mol. The molecule has 1 fully saturated rings. The van der Waals surface area contributed by atoms with Crippen LogP contribution in [0.25, 0.3) is 10.8 Å². The van der Waals surface area contributed by atoms with Crippen LogP contribution in [0.4, 0.5) is 4.79 Å². The molecule has 0 radical (unpaired) electrons. The van der Waals surface area contributed by atoms with Gasteiger partial charge in [0.1, 0.15) is 12.3 Å². The Bertz CT molecular complexity index is 755. The van der Waals surface area contributed by atoms with E-state index in [1.165, 1.54) is 0 Å². The van der Waals surface area contributed by atoms with Crippen molar-refractivity contribution in [2.24, 2.45) is 5.10 Å². The average molecular weight is 283 g/mol. The smallest absolute Gasteiger partial charge is 0.344 e. The summed E-state index contributed by atoms with van der Waals surface area (Å²) in [4.78, 5) is 22.6. The molecule has 1 heterocycles. The third-order valence-corrected chi connectivity index (χ3v) is 3.25. The SMILES string of the molecule is COc1ccc2ccccc2c1/C=N/N1CC(=O)NC1=O. The van der Waals surface area contributed by atoms with Gasteiger partial charge >= 0.3 is 6.03 Å².